The maximum absolute atomic E-state index is 8.94. The molecule has 0 spiro atoms. The van der Waals surface area contributed by atoms with Crippen LogP contribution in [0.2, 0.25) is 0 Å². The summed E-state index contributed by atoms with van der Waals surface area (Å²) in [6, 6.07) is 7.62. The number of aliphatic hydroxyl groups is 1. The van der Waals surface area contributed by atoms with E-state index in [4.69, 9.17) is 16.6 Å². The molecule has 0 saturated carbocycles. The van der Waals surface area contributed by atoms with E-state index in [1.807, 2.05) is 24.3 Å². The van der Waals surface area contributed by atoms with Crippen LogP contribution in [0, 0.1) is 0 Å². The molecule has 0 aliphatic heterocycles. The number of nitrogens with two attached hydrogens (primary N) is 2. The third-order valence-corrected chi connectivity index (χ3v) is 3.20. The van der Waals surface area contributed by atoms with E-state index in [0.29, 0.717) is 11.6 Å². The molecule has 0 unspecified atom stereocenters. The minimum Gasteiger partial charge on any atom is -0.392 e. The molecule has 0 radical (unpaired) electrons. The second-order valence-electron chi connectivity index (χ2n) is 3.56. The standard InChI is InChI=1S/C11H13N5OS/c12-10-14-9(15-11(13)16-10)6-18-8-3-1-7(5-17)2-4-8/h1-4,17H,5-6H2,(H4,12,13,14,15,16). The van der Waals surface area contributed by atoms with Gasteiger partial charge in [-0.1, -0.05) is 12.1 Å². The molecule has 2 aromatic rings. The number of nitrogens with zero attached hydrogens (tertiary/aromatic N) is 3. The number of hydrogen-bond acceptors (Lipinski definition) is 7. The summed E-state index contributed by atoms with van der Waals surface area (Å²) in [5.74, 6) is 1.38. The number of hydrogen-bond donors (Lipinski definition) is 3. The summed E-state index contributed by atoms with van der Waals surface area (Å²) < 4.78 is 0. The highest BCUT2D eigenvalue weighted by Crippen LogP contribution is 2.22. The predicted molar refractivity (Wildman–Crippen MR) is 70.6 cm³/mol. The van der Waals surface area contributed by atoms with Crippen molar-refractivity contribution in [2.24, 2.45) is 0 Å². The van der Waals surface area contributed by atoms with E-state index in [0.717, 1.165) is 10.5 Å². The van der Waals surface area contributed by atoms with Gasteiger partial charge in [0.25, 0.3) is 0 Å². The average molecular weight is 263 g/mol. The van der Waals surface area contributed by atoms with Gasteiger partial charge in [-0.05, 0) is 17.7 Å². The highest BCUT2D eigenvalue weighted by atomic mass is 32.2. The fourth-order valence-electron chi connectivity index (χ4n) is 1.36. The maximum Gasteiger partial charge on any atom is 0.225 e. The fraction of sp³-hybridized carbons (Fsp3) is 0.182. The number of nitrogen functional groups attached to an aromatic ring is 2. The Morgan fingerprint density at radius 3 is 2.17 bits per heavy atom. The Kier molecular flexibility index (Phi) is 3.96. The zero-order valence-electron chi connectivity index (χ0n) is 9.58. The van der Waals surface area contributed by atoms with Crippen LogP contribution in [0.15, 0.2) is 29.2 Å². The Hall–Kier alpha value is -1.86. The van der Waals surface area contributed by atoms with Gasteiger partial charge in [-0.2, -0.15) is 15.0 Å². The molecular weight excluding hydrogens is 250 g/mol. The molecule has 0 aliphatic carbocycles. The lowest BCUT2D eigenvalue weighted by atomic mass is 10.2. The van der Waals surface area contributed by atoms with Gasteiger partial charge >= 0.3 is 0 Å². The summed E-state index contributed by atoms with van der Waals surface area (Å²) in [6.07, 6.45) is 0. The third kappa shape index (κ3) is 3.31. The van der Waals surface area contributed by atoms with Crippen molar-refractivity contribution in [2.45, 2.75) is 17.3 Å². The largest absolute Gasteiger partial charge is 0.392 e. The number of rotatable bonds is 4. The second-order valence-corrected chi connectivity index (χ2v) is 4.61. The molecular formula is C11H13N5OS. The molecule has 0 aliphatic rings. The van der Waals surface area contributed by atoms with Crippen LogP contribution in [0.5, 0.6) is 0 Å². The Morgan fingerprint density at radius 1 is 1.00 bits per heavy atom. The molecule has 0 atom stereocenters. The van der Waals surface area contributed by atoms with Crippen molar-refractivity contribution in [3.63, 3.8) is 0 Å². The van der Waals surface area contributed by atoms with Crippen LogP contribution in [-0.2, 0) is 12.4 Å². The first-order valence-electron chi connectivity index (χ1n) is 5.26. The molecule has 6 nitrogen and oxygen atoms in total. The lowest BCUT2D eigenvalue weighted by Gasteiger charge is -2.03. The number of aromatic nitrogens is 3. The molecule has 0 saturated heterocycles. The van der Waals surface area contributed by atoms with E-state index in [1.54, 1.807) is 11.8 Å². The van der Waals surface area contributed by atoms with Crippen molar-refractivity contribution in [3.8, 4) is 0 Å². The molecule has 0 fully saturated rings. The van der Waals surface area contributed by atoms with Crippen LogP contribution in [0.25, 0.3) is 0 Å². The normalized spacial score (nSPS) is 10.5. The Labute approximate surface area is 108 Å². The van der Waals surface area contributed by atoms with Gasteiger partial charge in [0, 0.05) is 4.90 Å². The summed E-state index contributed by atoms with van der Waals surface area (Å²) in [7, 11) is 0. The van der Waals surface area contributed by atoms with E-state index in [-0.39, 0.29) is 18.5 Å². The first-order valence-corrected chi connectivity index (χ1v) is 6.24. The van der Waals surface area contributed by atoms with Gasteiger partial charge in [0.05, 0.1) is 12.4 Å². The summed E-state index contributed by atoms with van der Waals surface area (Å²) in [6.45, 7) is 0.0471. The summed E-state index contributed by atoms with van der Waals surface area (Å²) in [4.78, 5) is 12.8. The minimum absolute atomic E-state index is 0.0471. The van der Waals surface area contributed by atoms with Gasteiger partial charge in [0.2, 0.25) is 11.9 Å². The van der Waals surface area contributed by atoms with E-state index in [1.165, 1.54) is 0 Å². The number of aliphatic hydroxyl groups excluding tert-OH is 1. The van der Waals surface area contributed by atoms with E-state index in [9.17, 15) is 0 Å². The Bertz CT molecular complexity index is 511. The third-order valence-electron chi connectivity index (χ3n) is 2.19. The van der Waals surface area contributed by atoms with Crippen LogP contribution >= 0.6 is 11.8 Å². The van der Waals surface area contributed by atoms with E-state index in [2.05, 4.69) is 15.0 Å². The lowest BCUT2D eigenvalue weighted by molar-refractivity contribution is 0.282. The van der Waals surface area contributed by atoms with Gasteiger partial charge in [0.15, 0.2) is 0 Å². The molecule has 0 bridgehead atoms. The van der Waals surface area contributed by atoms with Crippen molar-refractivity contribution in [2.75, 3.05) is 11.5 Å². The monoisotopic (exact) mass is 263 g/mol. The predicted octanol–water partition coefficient (Wildman–Crippen LogP) is 0.821. The topological polar surface area (TPSA) is 111 Å². The first kappa shape index (κ1) is 12.6. The summed E-state index contributed by atoms with van der Waals surface area (Å²) >= 11 is 1.56. The van der Waals surface area contributed by atoms with Gasteiger partial charge < -0.3 is 16.6 Å². The molecule has 0 amide bonds. The van der Waals surface area contributed by atoms with Crippen LogP contribution in [-0.4, -0.2) is 20.1 Å². The van der Waals surface area contributed by atoms with Gasteiger partial charge in [-0.25, -0.2) is 0 Å². The van der Waals surface area contributed by atoms with Crippen LogP contribution in [0.3, 0.4) is 0 Å². The second kappa shape index (κ2) is 5.65. The number of thioether (sulfide) groups is 1. The molecule has 5 N–H and O–H groups in total. The highest BCUT2D eigenvalue weighted by molar-refractivity contribution is 7.98. The van der Waals surface area contributed by atoms with E-state index < -0.39 is 0 Å². The van der Waals surface area contributed by atoms with Crippen LogP contribution in [0.4, 0.5) is 11.9 Å². The highest BCUT2D eigenvalue weighted by Gasteiger charge is 2.03. The van der Waals surface area contributed by atoms with Crippen LogP contribution in [0.1, 0.15) is 11.4 Å². The Balaban J connectivity index is 2.01. The van der Waals surface area contributed by atoms with Crippen LogP contribution < -0.4 is 11.5 Å². The average Bonchev–Trinajstić information content (AvgIpc) is 2.36. The molecule has 7 heteroatoms. The van der Waals surface area contributed by atoms with Crippen molar-refractivity contribution in [1.29, 1.82) is 0 Å². The summed E-state index contributed by atoms with van der Waals surface area (Å²) in [5.41, 5.74) is 11.9. The quantitative estimate of drug-likeness (QED) is 0.700. The molecule has 1 heterocycles. The van der Waals surface area contributed by atoms with Gasteiger partial charge in [-0.15, -0.1) is 11.8 Å². The Morgan fingerprint density at radius 2 is 1.61 bits per heavy atom. The van der Waals surface area contributed by atoms with Crippen molar-refractivity contribution < 1.29 is 5.11 Å². The molecule has 94 valence electrons. The molecule has 1 aromatic heterocycles. The lowest BCUT2D eigenvalue weighted by Crippen LogP contribution is -2.05. The van der Waals surface area contributed by atoms with Crippen molar-refractivity contribution in [1.82, 2.24) is 15.0 Å². The fourth-order valence-corrected chi connectivity index (χ4v) is 2.11. The zero-order valence-corrected chi connectivity index (χ0v) is 10.4. The first-order chi connectivity index (χ1) is 8.67. The van der Waals surface area contributed by atoms with Gasteiger partial charge in [-0.3, -0.25) is 0 Å². The molecule has 2 rings (SSSR count). The molecule has 18 heavy (non-hydrogen) atoms. The smallest absolute Gasteiger partial charge is 0.225 e. The van der Waals surface area contributed by atoms with E-state index >= 15 is 0 Å². The SMILES string of the molecule is Nc1nc(N)nc(CSc2ccc(CO)cc2)n1. The van der Waals surface area contributed by atoms with Crippen molar-refractivity contribution in [3.05, 3.63) is 35.7 Å². The summed E-state index contributed by atoms with van der Waals surface area (Å²) in [5, 5.41) is 8.94. The van der Waals surface area contributed by atoms with Gasteiger partial charge in [0.1, 0.15) is 5.82 Å². The number of benzene rings is 1. The maximum atomic E-state index is 8.94. The van der Waals surface area contributed by atoms with Crippen molar-refractivity contribution >= 4 is 23.7 Å². The number of anilines is 2. The zero-order chi connectivity index (χ0) is 13.0. The minimum atomic E-state index is 0.0471. The molecule has 1 aromatic carbocycles.